The van der Waals surface area contributed by atoms with Crippen molar-refractivity contribution in [2.75, 3.05) is 7.11 Å². The van der Waals surface area contributed by atoms with Crippen LogP contribution in [-0.2, 0) is 12.8 Å². The number of rotatable bonds is 6. The third-order valence-electron chi connectivity index (χ3n) is 4.80. The van der Waals surface area contributed by atoms with Crippen LogP contribution in [0.25, 0.3) is 16.8 Å². The van der Waals surface area contributed by atoms with Crippen LogP contribution < -0.4 is 9.47 Å². The van der Waals surface area contributed by atoms with Gasteiger partial charge in [0.2, 0.25) is 0 Å². The normalized spacial score (nSPS) is 11.4. The molecule has 8 heteroatoms. The summed E-state index contributed by atoms with van der Waals surface area (Å²) in [5.74, 6) is 1.26. The molecule has 4 aromatic rings. The van der Waals surface area contributed by atoms with Gasteiger partial charge in [0.15, 0.2) is 5.69 Å². The number of hydrogen-bond acceptors (Lipinski definition) is 3. The molecule has 0 amide bonds. The van der Waals surface area contributed by atoms with E-state index in [1.165, 1.54) is 0 Å². The standard InChI is InChI=1S/C24H18ClF3N2O2/c1-31-20-6-4-5-17(13-20)16-9-11-19(12-10-16)32-15-18-14-23(24(26,27)28)29-30(18)22-8-3-2-7-21(22)25/h2-14H,15H2,1H3. The van der Waals surface area contributed by atoms with Gasteiger partial charge >= 0.3 is 6.18 Å². The highest BCUT2D eigenvalue weighted by Gasteiger charge is 2.35. The van der Waals surface area contributed by atoms with E-state index >= 15 is 0 Å². The van der Waals surface area contributed by atoms with Gasteiger partial charge in [-0.2, -0.15) is 18.3 Å². The molecule has 4 rings (SSSR count). The lowest BCUT2D eigenvalue weighted by atomic mass is 10.1. The highest BCUT2D eigenvalue weighted by Crippen LogP contribution is 2.32. The Morgan fingerprint density at radius 1 is 0.875 bits per heavy atom. The molecule has 1 aromatic heterocycles. The van der Waals surface area contributed by atoms with Crippen molar-refractivity contribution in [3.8, 4) is 28.3 Å². The molecule has 0 saturated heterocycles. The number of alkyl halides is 3. The minimum absolute atomic E-state index is 0.118. The number of methoxy groups -OCH3 is 1. The minimum atomic E-state index is -4.58. The van der Waals surface area contributed by atoms with Crippen LogP contribution in [0.3, 0.4) is 0 Å². The fraction of sp³-hybridized carbons (Fsp3) is 0.125. The second-order valence-electron chi connectivity index (χ2n) is 6.93. The second kappa shape index (κ2) is 8.96. The molecule has 0 aliphatic rings. The summed E-state index contributed by atoms with van der Waals surface area (Å²) in [5, 5.41) is 4.00. The maximum absolute atomic E-state index is 13.3. The molecule has 0 unspecified atom stereocenters. The number of aromatic nitrogens is 2. The average Bonchev–Trinajstić information content (AvgIpc) is 3.23. The Hall–Kier alpha value is -3.45. The van der Waals surface area contributed by atoms with Crippen molar-refractivity contribution < 1.29 is 22.6 Å². The summed E-state index contributed by atoms with van der Waals surface area (Å²) in [7, 11) is 1.60. The monoisotopic (exact) mass is 458 g/mol. The summed E-state index contributed by atoms with van der Waals surface area (Å²) >= 11 is 6.18. The van der Waals surface area contributed by atoms with Crippen molar-refractivity contribution in [1.82, 2.24) is 9.78 Å². The van der Waals surface area contributed by atoms with Gasteiger partial charge in [-0.1, -0.05) is 48.0 Å². The SMILES string of the molecule is COc1cccc(-c2ccc(OCc3cc(C(F)(F)F)nn3-c3ccccc3Cl)cc2)c1. The first kappa shape index (κ1) is 21.8. The van der Waals surface area contributed by atoms with Gasteiger partial charge in [-0.15, -0.1) is 0 Å². The molecule has 4 nitrogen and oxygen atoms in total. The number of para-hydroxylation sites is 1. The highest BCUT2D eigenvalue weighted by molar-refractivity contribution is 6.32. The van der Waals surface area contributed by atoms with Gasteiger partial charge in [0.25, 0.3) is 0 Å². The third kappa shape index (κ3) is 4.73. The van der Waals surface area contributed by atoms with E-state index in [0.717, 1.165) is 27.6 Å². The first-order valence-electron chi connectivity index (χ1n) is 9.63. The Labute approximate surface area is 187 Å². The molecule has 0 bridgehead atoms. The molecule has 0 radical (unpaired) electrons. The summed E-state index contributed by atoms with van der Waals surface area (Å²) in [6.45, 7) is -0.118. The topological polar surface area (TPSA) is 36.3 Å². The Balaban J connectivity index is 1.57. The van der Waals surface area contributed by atoms with Crippen LogP contribution in [0.1, 0.15) is 11.4 Å². The molecule has 0 aliphatic heterocycles. The summed E-state index contributed by atoms with van der Waals surface area (Å²) < 4.78 is 52.0. The Bertz CT molecular complexity index is 1220. The molecule has 1 heterocycles. The van der Waals surface area contributed by atoms with Gasteiger partial charge in [0.1, 0.15) is 18.1 Å². The van der Waals surface area contributed by atoms with Crippen molar-refractivity contribution in [3.63, 3.8) is 0 Å². The van der Waals surface area contributed by atoms with Gasteiger partial charge in [0.05, 0.1) is 23.5 Å². The summed E-state index contributed by atoms with van der Waals surface area (Å²) in [6, 6.07) is 22.4. The number of hydrogen-bond donors (Lipinski definition) is 0. The van der Waals surface area contributed by atoms with E-state index in [-0.39, 0.29) is 17.3 Å². The molecular weight excluding hydrogens is 441 g/mol. The van der Waals surface area contributed by atoms with Crippen LogP contribution in [-0.4, -0.2) is 16.9 Å². The van der Waals surface area contributed by atoms with E-state index in [1.807, 2.05) is 36.4 Å². The molecule has 32 heavy (non-hydrogen) atoms. The third-order valence-corrected chi connectivity index (χ3v) is 5.12. The molecule has 0 atom stereocenters. The lowest BCUT2D eigenvalue weighted by Crippen LogP contribution is -2.08. The molecule has 0 saturated carbocycles. The number of ether oxygens (including phenoxy) is 2. The molecular formula is C24H18ClF3N2O2. The molecule has 0 aliphatic carbocycles. The quantitative estimate of drug-likeness (QED) is 0.319. The fourth-order valence-corrected chi connectivity index (χ4v) is 3.41. The number of nitrogens with zero attached hydrogens (tertiary/aromatic N) is 2. The van der Waals surface area contributed by atoms with Crippen LogP contribution in [0.5, 0.6) is 11.5 Å². The average molecular weight is 459 g/mol. The van der Waals surface area contributed by atoms with Crippen molar-refractivity contribution in [3.05, 3.63) is 95.3 Å². The summed E-state index contributed by atoms with van der Waals surface area (Å²) in [4.78, 5) is 0. The molecule has 0 N–H and O–H groups in total. The summed E-state index contributed by atoms with van der Waals surface area (Å²) in [6.07, 6.45) is -4.58. The van der Waals surface area contributed by atoms with Crippen LogP contribution in [0.4, 0.5) is 13.2 Å². The smallest absolute Gasteiger partial charge is 0.435 e. The van der Waals surface area contributed by atoms with Crippen molar-refractivity contribution in [2.24, 2.45) is 0 Å². The second-order valence-corrected chi connectivity index (χ2v) is 7.33. The van der Waals surface area contributed by atoms with E-state index < -0.39 is 11.9 Å². The van der Waals surface area contributed by atoms with Gasteiger partial charge in [-0.3, -0.25) is 0 Å². The van der Waals surface area contributed by atoms with E-state index in [9.17, 15) is 13.2 Å². The minimum Gasteiger partial charge on any atom is -0.497 e. The Kier molecular flexibility index (Phi) is 6.10. The van der Waals surface area contributed by atoms with Gasteiger partial charge < -0.3 is 9.47 Å². The van der Waals surface area contributed by atoms with Crippen LogP contribution in [0.15, 0.2) is 78.9 Å². The van der Waals surface area contributed by atoms with Gasteiger partial charge in [0, 0.05) is 0 Å². The Morgan fingerprint density at radius 2 is 1.62 bits per heavy atom. The molecule has 0 fully saturated rings. The van der Waals surface area contributed by atoms with Crippen molar-refractivity contribution in [2.45, 2.75) is 12.8 Å². The van der Waals surface area contributed by atoms with E-state index in [0.29, 0.717) is 11.4 Å². The van der Waals surface area contributed by atoms with Crippen molar-refractivity contribution in [1.29, 1.82) is 0 Å². The van der Waals surface area contributed by atoms with Crippen molar-refractivity contribution >= 4 is 11.6 Å². The lowest BCUT2D eigenvalue weighted by molar-refractivity contribution is -0.141. The molecule has 164 valence electrons. The van der Waals surface area contributed by atoms with E-state index in [2.05, 4.69) is 5.10 Å². The predicted octanol–water partition coefficient (Wildman–Crippen LogP) is 6.80. The van der Waals surface area contributed by atoms with E-state index in [4.69, 9.17) is 21.1 Å². The zero-order chi connectivity index (χ0) is 22.7. The maximum atomic E-state index is 13.3. The first-order chi connectivity index (χ1) is 15.3. The van der Waals surface area contributed by atoms with Crippen LogP contribution in [0, 0.1) is 0 Å². The fourth-order valence-electron chi connectivity index (χ4n) is 3.20. The van der Waals surface area contributed by atoms with Gasteiger partial charge in [-0.25, -0.2) is 4.68 Å². The van der Waals surface area contributed by atoms with E-state index in [1.54, 1.807) is 43.5 Å². The zero-order valence-corrected chi connectivity index (χ0v) is 17.7. The first-order valence-corrected chi connectivity index (χ1v) is 10.0. The molecule has 3 aromatic carbocycles. The van der Waals surface area contributed by atoms with Crippen LogP contribution in [0.2, 0.25) is 5.02 Å². The number of benzene rings is 3. The number of halogens is 4. The lowest BCUT2D eigenvalue weighted by Gasteiger charge is -2.11. The molecule has 0 spiro atoms. The zero-order valence-electron chi connectivity index (χ0n) is 16.9. The van der Waals surface area contributed by atoms with Gasteiger partial charge in [-0.05, 0) is 53.6 Å². The Morgan fingerprint density at radius 3 is 2.31 bits per heavy atom. The largest absolute Gasteiger partial charge is 0.497 e. The highest BCUT2D eigenvalue weighted by atomic mass is 35.5. The summed E-state index contributed by atoms with van der Waals surface area (Å²) in [5.41, 5.74) is 1.49. The van der Waals surface area contributed by atoms with Crippen LogP contribution >= 0.6 is 11.6 Å². The predicted molar refractivity (Wildman–Crippen MR) is 116 cm³/mol. The maximum Gasteiger partial charge on any atom is 0.435 e.